The van der Waals surface area contributed by atoms with Crippen LogP contribution in [0.15, 0.2) is 29.3 Å². The van der Waals surface area contributed by atoms with Crippen LogP contribution in [0, 0.1) is 11.3 Å². The summed E-state index contributed by atoms with van der Waals surface area (Å²) in [6, 6.07) is 0.476. The second kappa shape index (κ2) is 13.4. The minimum Gasteiger partial charge on any atom is -0.293 e. The van der Waals surface area contributed by atoms with Crippen molar-refractivity contribution >= 4 is 6.21 Å². The first-order chi connectivity index (χ1) is 12.2. The molecule has 0 aromatic heterocycles. The summed E-state index contributed by atoms with van der Waals surface area (Å²) in [4.78, 5) is 5.25. The lowest BCUT2D eigenvalue weighted by molar-refractivity contribution is 0.351. The molecule has 0 aromatic carbocycles. The molecular formula is C24H43N. The molecule has 0 amide bonds. The number of allylic oxidation sites excluding steroid dienone is 3. The Morgan fingerprint density at radius 2 is 1.68 bits per heavy atom. The van der Waals surface area contributed by atoms with Crippen LogP contribution in [0.5, 0.6) is 0 Å². The highest BCUT2D eigenvalue weighted by molar-refractivity contribution is 5.66. The van der Waals surface area contributed by atoms with Crippen molar-refractivity contribution in [3.05, 3.63) is 24.3 Å². The van der Waals surface area contributed by atoms with Gasteiger partial charge in [0.2, 0.25) is 0 Å². The Hall–Kier alpha value is -0.850. The molecule has 144 valence electrons. The smallest absolute Gasteiger partial charge is 0.0558 e. The third-order valence-corrected chi connectivity index (χ3v) is 6.00. The van der Waals surface area contributed by atoms with Crippen molar-refractivity contribution in [2.75, 3.05) is 0 Å². The van der Waals surface area contributed by atoms with E-state index >= 15 is 0 Å². The Morgan fingerprint density at radius 3 is 2.32 bits per heavy atom. The summed E-state index contributed by atoms with van der Waals surface area (Å²) < 4.78 is 0. The van der Waals surface area contributed by atoms with E-state index in [0.717, 1.165) is 18.8 Å². The molecule has 1 heteroatoms. The van der Waals surface area contributed by atoms with Crippen molar-refractivity contribution in [1.82, 2.24) is 0 Å². The van der Waals surface area contributed by atoms with Crippen LogP contribution in [0.25, 0.3) is 0 Å². The van der Waals surface area contributed by atoms with E-state index < -0.39 is 0 Å². The molecule has 0 saturated carbocycles. The standard InChI is InChI=1S/C24H43N/c1-5-9-17-22(7-3)23-18-15-13-11-12-14-16-20-24(8-4,21-25-23)19-10-6-2/h13-16,21-23H,5-12,17-20H2,1-4H3/b15-13-,16-14-,25-21?. The van der Waals surface area contributed by atoms with Crippen LogP contribution in [0.4, 0.5) is 0 Å². The summed E-state index contributed by atoms with van der Waals surface area (Å²) in [6.45, 7) is 9.31. The third-order valence-electron chi connectivity index (χ3n) is 6.00. The van der Waals surface area contributed by atoms with E-state index in [1.54, 1.807) is 0 Å². The lowest BCUT2D eigenvalue weighted by atomic mass is 9.78. The van der Waals surface area contributed by atoms with Crippen LogP contribution in [-0.4, -0.2) is 12.3 Å². The summed E-state index contributed by atoms with van der Waals surface area (Å²) in [6.07, 6.45) is 26.9. The molecular weight excluding hydrogens is 302 g/mol. The van der Waals surface area contributed by atoms with Gasteiger partial charge in [0, 0.05) is 11.6 Å². The van der Waals surface area contributed by atoms with Gasteiger partial charge in [-0.25, -0.2) is 0 Å². The van der Waals surface area contributed by atoms with E-state index in [2.05, 4.69) is 58.2 Å². The highest BCUT2D eigenvalue weighted by atomic mass is 14.8. The normalized spacial score (nSPS) is 28.7. The topological polar surface area (TPSA) is 12.4 Å². The van der Waals surface area contributed by atoms with Gasteiger partial charge in [0.05, 0.1) is 6.04 Å². The molecule has 0 spiro atoms. The van der Waals surface area contributed by atoms with Crippen molar-refractivity contribution in [2.45, 2.75) is 111 Å². The second-order valence-electron chi connectivity index (χ2n) is 7.94. The maximum absolute atomic E-state index is 5.25. The zero-order valence-corrected chi connectivity index (χ0v) is 17.5. The summed E-state index contributed by atoms with van der Waals surface area (Å²) in [5, 5.41) is 0. The number of aliphatic imine (C=N–C) groups is 1. The van der Waals surface area contributed by atoms with Crippen molar-refractivity contribution in [1.29, 1.82) is 0 Å². The maximum atomic E-state index is 5.25. The van der Waals surface area contributed by atoms with Crippen molar-refractivity contribution in [3.8, 4) is 0 Å². The van der Waals surface area contributed by atoms with Crippen LogP contribution in [0.2, 0.25) is 0 Å². The molecule has 0 saturated heterocycles. The first-order valence-electron chi connectivity index (χ1n) is 11.1. The molecule has 1 aliphatic rings. The Kier molecular flexibility index (Phi) is 11.9. The zero-order chi connectivity index (χ0) is 18.4. The van der Waals surface area contributed by atoms with Crippen LogP contribution in [-0.2, 0) is 0 Å². The molecule has 1 heterocycles. The summed E-state index contributed by atoms with van der Waals surface area (Å²) in [7, 11) is 0. The van der Waals surface area contributed by atoms with E-state index in [0.29, 0.717) is 6.04 Å². The SMILES string of the molecule is CCCCC(CC)C1C/C=C\CC/C=C\CC(CC)(CCCC)C=N1. The van der Waals surface area contributed by atoms with E-state index in [1.165, 1.54) is 64.2 Å². The largest absolute Gasteiger partial charge is 0.293 e. The number of unbranched alkanes of at least 4 members (excludes halogenated alkanes) is 2. The zero-order valence-electron chi connectivity index (χ0n) is 17.5. The molecule has 1 aliphatic heterocycles. The van der Waals surface area contributed by atoms with E-state index in [4.69, 9.17) is 4.99 Å². The molecule has 0 radical (unpaired) electrons. The van der Waals surface area contributed by atoms with Crippen molar-refractivity contribution in [2.24, 2.45) is 16.3 Å². The Bertz CT molecular complexity index is 406. The Balaban J connectivity index is 3.02. The predicted molar refractivity (Wildman–Crippen MR) is 115 cm³/mol. The Morgan fingerprint density at radius 1 is 0.960 bits per heavy atom. The van der Waals surface area contributed by atoms with Crippen LogP contribution in [0.1, 0.15) is 105 Å². The fraction of sp³-hybridized carbons (Fsp3) is 0.792. The van der Waals surface area contributed by atoms with Crippen molar-refractivity contribution in [3.63, 3.8) is 0 Å². The van der Waals surface area contributed by atoms with E-state index in [-0.39, 0.29) is 5.41 Å². The van der Waals surface area contributed by atoms with E-state index in [1.807, 2.05) is 0 Å². The van der Waals surface area contributed by atoms with Gasteiger partial charge in [0.1, 0.15) is 0 Å². The molecule has 0 aliphatic carbocycles. The van der Waals surface area contributed by atoms with Gasteiger partial charge in [-0.05, 0) is 50.9 Å². The number of hydrogen-bond donors (Lipinski definition) is 0. The van der Waals surface area contributed by atoms with Crippen molar-refractivity contribution < 1.29 is 0 Å². The molecule has 1 nitrogen and oxygen atoms in total. The highest BCUT2D eigenvalue weighted by Crippen LogP contribution is 2.33. The minimum absolute atomic E-state index is 0.275. The second-order valence-corrected chi connectivity index (χ2v) is 7.94. The van der Waals surface area contributed by atoms with Gasteiger partial charge >= 0.3 is 0 Å². The lowest BCUT2D eigenvalue weighted by Gasteiger charge is -2.30. The average molecular weight is 346 g/mol. The minimum atomic E-state index is 0.275. The fourth-order valence-electron chi connectivity index (χ4n) is 3.91. The molecule has 3 unspecified atom stereocenters. The molecule has 0 aromatic rings. The maximum Gasteiger partial charge on any atom is 0.0558 e. The number of hydrogen-bond acceptors (Lipinski definition) is 1. The Labute approximate surface area is 158 Å². The van der Waals surface area contributed by atoms with Gasteiger partial charge in [0.25, 0.3) is 0 Å². The third kappa shape index (κ3) is 8.38. The van der Waals surface area contributed by atoms with Gasteiger partial charge in [-0.15, -0.1) is 0 Å². The number of rotatable bonds is 9. The monoisotopic (exact) mass is 345 g/mol. The van der Waals surface area contributed by atoms with Crippen LogP contribution < -0.4 is 0 Å². The van der Waals surface area contributed by atoms with E-state index in [9.17, 15) is 0 Å². The van der Waals surface area contributed by atoms with Crippen LogP contribution in [0.3, 0.4) is 0 Å². The number of nitrogens with zero attached hydrogens (tertiary/aromatic N) is 1. The van der Waals surface area contributed by atoms with Gasteiger partial charge in [-0.1, -0.05) is 84.1 Å². The average Bonchev–Trinajstić information content (AvgIpc) is 2.63. The van der Waals surface area contributed by atoms with Gasteiger partial charge in [-0.2, -0.15) is 0 Å². The van der Waals surface area contributed by atoms with Gasteiger partial charge in [0.15, 0.2) is 0 Å². The van der Waals surface area contributed by atoms with Gasteiger partial charge < -0.3 is 0 Å². The fourth-order valence-corrected chi connectivity index (χ4v) is 3.91. The molecule has 0 fully saturated rings. The summed E-state index contributed by atoms with van der Waals surface area (Å²) in [5.74, 6) is 0.736. The predicted octanol–water partition coefficient (Wildman–Crippen LogP) is 7.92. The molecule has 0 bridgehead atoms. The molecule has 3 atom stereocenters. The molecule has 0 N–H and O–H groups in total. The molecule has 25 heavy (non-hydrogen) atoms. The van der Waals surface area contributed by atoms with Gasteiger partial charge in [-0.3, -0.25) is 4.99 Å². The summed E-state index contributed by atoms with van der Waals surface area (Å²) >= 11 is 0. The van der Waals surface area contributed by atoms with Crippen LogP contribution >= 0.6 is 0 Å². The quantitative estimate of drug-likeness (QED) is 0.376. The highest BCUT2D eigenvalue weighted by Gasteiger charge is 2.26. The lowest BCUT2D eigenvalue weighted by Crippen LogP contribution is -2.25. The first kappa shape index (κ1) is 22.2. The first-order valence-corrected chi connectivity index (χ1v) is 11.1. The molecule has 1 rings (SSSR count). The summed E-state index contributed by atoms with van der Waals surface area (Å²) in [5.41, 5.74) is 0.275.